The number of benzene rings is 2. The van der Waals surface area contributed by atoms with Crippen molar-refractivity contribution in [1.29, 1.82) is 0 Å². The monoisotopic (exact) mass is 643 g/mol. The minimum atomic E-state index is -0.363. The van der Waals surface area contributed by atoms with E-state index < -0.39 is 0 Å². The minimum absolute atomic E-state index is 0.120. The Hall–Kier alpha value is -5.24. The third-order valence-electron chi connectivity index (χ3n) is 8.39. The number of aromatic nitrogens is 3. The summed E-state index contributed by atoms with van der Waals surface area (Å²) in [5.41, 5.74) is 6.59. The van der Waals surface area contributed by atoms with Crippen LogP contribution in [-0.2, 0) is 6.42 Å². The normalized spacial score (nSPS) is 11.2. The summed E-state index contributed by atoms with van der Waals surface area (Å²) in [6.45, 7) is 13.3. The summed E-state index contributed by atoms with van der Waals surface area (Å²) in [5, 5.41) is 4.00. The van der Waals surface area contributed by atoms with Crippen molar-refractivity contribution in [2.24, 2.45) is 0 Å². The maximum Gasteiger partial charge on any atom is 0.326 e. The maximum absolute atomic E-state index is 14.2. The van der Waals surface area contributed by atoms with Crippen LogP contribution in [0.2, 0.25) is 0 Å². The molecule has 0 spiro atoms. The van der Waals surface area contributed by atoms with Crippen LogP contribution >= 0.6 is 0 Å². The van der Waals surface area contributed by atoms with Crippen molar-refractivity contribution >= 4 is 28.4 Å². The molecular weight excluding hydrogens is 598 g/mol. The molecule has 2 N–H and O–H groups in total. The summed E-state index contributed by atoms with van der Waals surface area (Å²) in [7, 11) is 0. The number of H-pyrrole nitrogens is 1. The molecule has 8 nitrogen and oxygen atoms in total. The van der Waals surface area contributed by atoms with Crippen LogP contribution in [0.25, 0.3) is 22.2 Å². The molecule has 8 heteroatoms. The predicted molar refractivity (Wildman–Crippen MR) is 196 cm³/mol. The fourth-order valence-electron chi connectivity index (χ4n) is 5.81. The number of carbonyl (C=O) groups is 1. The first-order chi connectivity index (χ1) is 23.2. The van der Waals surface area contributed by atoms with Crippen molar-refractivity contribution in [2.45, 2.75) is 65.2 Å². The van der Waals surface area contributed by atoms with Crippen molar-refractivity contribution in [1.82, 2.24) is 15.0 Å². The Bertz CT molecular complexity index is 1890. The molecule has 0 radical (unpaired) electrons. The van der Waals surface area contributed by atoms with Gasteiger partial charge in [-0.25, -0.2) is 9.78 Å². The Morgan fingerprint density at radius 1 is 0.938 bits per heavy atom. The number of hydrogen-bond acceptors (Lipinski definition) is 5. The topological polar surface area (TPSA) is 100 Å². The Morgan fingerprint density at radius 3 is 2.40 bits per heavy atom. The zero-order valence-corrected chi connectivity index (χ0v) is 28.3. The first-order valence-electron chi connectivity index (χ1n) is 16.7. The van der Waals surface area contributed by atoms with Crippen molar-refractivity contribution in [3.63, 3.8) is 0 Å². The van der Waals surface area contributed by atoms with Gasteiger partial charge in [-0.3, -0.25) is 14.7 Å². The van der Waals surface area contributed by atoms with E-state index in [1.54, 1.807) is 12.3 Å². The van der Waals surface area contributed by atoms with Gasteiger partial charge < -0.3 is 15.0 Å². The summed E-state index contributed by atoms with van der Waals surface area (Å²) >= 11 is 0. The standard InChI is InChI=1S/C40H45N5O3/c1-6-7-8-21-45(36-26-31-14-10-18-42-38(31)44-39(36)46)40(47)43-37-34(27(2)3)24-32(25-35(37)28(4)5)30-13-9-15-33(23-30)48-22-11-12-29-16-19-41-20-17-29/h6,9-10,13-20,23-28H,1,7-8,11-12,21-22H2,2-5H3,(H,43,47)(H,42,44,46). The highest BCUT2D eigenvalue weighted by atomic mass is 16.5. The third kappa shape index (κ3) is 8.37. The number of aromatic amines is 1. The Labute approximate surface area is 282 Å². The summed E-state index contributed by atoms with van der Waals surface area (Å²) in [6, 6.07) is 21.6. The average molecular weight is 644 g/mol. The maximum atomic E-state index is 14.2. The van der Waals surface area contributed by atoms with Gasteiger partial charge >= 0.3 is 6.03 Å². The highest BCUT2D eigenvalue weighted by Gasteiger charge is 2.24. The van der Waals surface area contributed by atoms with Gasteiger partial charge in [0.05, 0.1) is 6.61 Å². The van der Waals surface area contributed by atoms with E-state index in [2.05, 4.69) is 78.8 Å². The average Bonchev–Trinajstić information content (AvgIpc) is 3.09. The molecule has 0 unspecified atom stereocenters. The SMILES string of the molecule is C=CCCCN(C(=O)Nc1c(C(C)C)cc(-c2cccc(OCCCc3ccncc3)c2)cc1C(C)C)c1cc2cccnc2[nH]c1=O. The van der Waals surface area contributed by atoms with Crippen LogP contribution in [0.15, 0.2) is 103 Å². The van der Waals surface area contributed by atoms with Gasteiger partial charge in [-0.15, -0.1) is 6.58 Å². The number of fused-ring (bicyclic) bond motifs is 1. The van der Waals surface area contributed by atoms with Crippen LogP contribution < -0.4 is 20.5 Å². The number of nitrogens with zero attached hydrogens (tertiary/aromatic N) is 3. The van der Waals surface area contributed by atoms with Crippen LogP contribution in [0.5, 0.6) is 5.75 Å². The van der Waals surface area contributed by atoms with E-state index in [4.69, 9.17) is 4.74 Å². The molecule has 0 aliphatic carbocycles. The number of nitrogens with one attached hydrogen (secondary N) is 2. The Kier molecular flexibility index (Phi) is 11.4. The van der Waals surface area contributed by atoms with Crippen LogP contribution in [0.4, 0.5) is 16.2 Å². The van der Waals surface area contributed by atoms with Crippen LogP contribution in [0.3, 0.4) is 0 Å². The van der Waals surface area contributed by atoms with Crippen molar-refractivity contribution in [2.75, 3.05) is 23.4 Å². The lowest BCUT2D eigenvalue weighted by Gasteiger charge is -2.27. The van der Waals surface area contributed by atoms with E-state index in [9.17, 15) is 9.59 Å². The number of carbonyl (C=O) groups excluding carboxylic acids is 1. The lowest BCUT2D eigenvalue weighted by molar-refractivity contribution is 0.256. The number of amides is 2. The molecular formula is C40H45N5O3. The molecule has 5 rings (SSSR count). The fraction of sp³-hybridized carbons (Fsp3) is 0.300. The molecule has 0 aliphatic heterocycles. The number of anilines is 2. The van der Waals surface area contributed by atoms with E-state index in [0.717, 1.165) is 51.9 Å². The van der Waals surface area contributed by atoms with Gasteiger partial charge in [0, 0.05) is 36.2 Å². The molecule has 3 heterocycles. The van der Waals surface area contributed by atoms with Crippen molar-refractivity contribution in [3.8, 4) is 16.9 Å². The Morgan fingerprint density at radius 2 is 1.69 bits per heavy atom. The van der Waals surface area contributed by atoms with E-state index >= 15 is 0 Å². The number of rotatable bonds is 14. The number of ether oxygens (including phenoxy) is 1. The van der Waals surface area contributed by atoms with Crippen LogP contribution in [-0.4, -0.2) is 34.1 Å². The second kappa shape index (κ2) is 16.0. The lowest BCUT2D eigenvalue weighted by atomic mass is 9.88. The second-order valence-electron chi connectivity index (χ2n) is 12.6. The first-order valence-corrected chi connectivity index (χ1v) is 16.7. The van der Waals surface area contributed by atoms with Gasteiger partial charge in [0.25, 0.3) is 5.56 Å². The van der Waals surface area contributed by atoms with E-state index in [0.29, 0.717) is 31.6 Å². The minimum Gasteiger partial charge on any atom is -0.494 e. The van der Waals surface area contributed by atoms with Gasteiger partial charge in [-0.1, -0.05) is 45.9 Å². The van der Waals surface area contributed by atoms with Crippen molar-refractivity contribution in [3.05, 3.63) is 125 Å². The van der Waals surface area contributed by atoms with Gasteiger partial charge in [0.2, 0.25) is 0 Å². The molecule has 48 heavy (non-hydrogen) atoms. The zero-order valence-electron chi connectivity index (χ0n) is 28.3. The summed E-state index contributed by atoms with van der Waals surface area (Å²) in [5.74, 6) is 1.06. The number of aryl methyl sites for hydroxylation is 1. The van der Waals surface area contributed by atoms with Crippen molar-refractivity contribution < 1.29 is 9.53 Å². The van der Waals surface area contributed by atoms with Crippen LogP contribution in [0.1, 0.15) is 75.5 Å². The molecule has 5 aromatic rings. The molecule has 3 aromatic heterocycles. The molecule has 0 saturated heterocycles. The molecule has 0 bridgehead atoms. The smallest absolute Gasteiger partial charge is 0.326 e. The molecule has 0 aliphatic rings. The first kappa shape index (κ1) is 34.1. The van der Waals surface area contributed by atoms with Gasteiger partial charge in [-0.2, -0.15) is 0 Å². The Balaban J connectivity index is 1.43. The van der Waals surface area contributed by atoms with Gasteiger partial charge in [-0.05, 0) is 120 Å². The summed E-state index contributed by atoms with van der Waals surface area (Å²) < 4.78 is 6.15. The molecule has 0 fully saturated rings. The molecule has 0 atom stereocenters. The van der Waals surface area contributed by atoms with E-state index in [1.165, 1.54) is 10.5 Å². The number of pyridine rings is 3. The largest absolute Gasteiger partial charge is 0.494 e. The highest BCUT2D eigenvalue weighted by Crippen LogP contribution is 2.38. The van der Waals surface area contributed by atoms with E-state index in [-0.39, 0.29) is 29.1 Å². The van der Waals surface area contributed by atoms with E-state index in [1.807, 2.05) is 54.9 Å². The number of hydrogen-bond donors (Lipinski definition) is 2. The quantitative estimate of drug-likeness (QED) is 0.0928. The molecule has 2 aromatic carbocycles. The number of unbranched alkanes of at least 4 members (excludes halogenated alkanes) is 1. The summed E-state index contributed by atoms with van der Waals surface area (Å²) in [6.07, 6.45) is 10.3. The van der Waals surface area contributed by atoms with Gasteiger partial charge in [0.15, 0.2) is 0 Å². The molecule has 2 amide bonds. The number of urea groups is 1. The zero-order chi connectivity index (χ0) is 34.0. The molecule has 248 valence electrons. The predicted octanol–water partition coefficient (Wildman–Crippen LogP) is 9.25. The molecule has 0 saturated carbocycles. The van der Waals surface area contributed by atoms with Crippen LogP contribution in [0, 0.1) is 0 Å². The number of allylic oxidation sites excluding steroid dienone is 1. The fourth-order valence-corrected chi connectivity index (χ4v) is 5.81. The third-order valence-corrected chi connectivity index (χ3v) is 8.39. The lowest BCUT2D eigenvalue weighted by Crippen LogP contribution is -2.39. The summed E-state index contributed by atoms with van der Waals surface area (Å²) in [4.78, 5) is 40.1. The van der Waals surface area contributed by atoms with Gasteiger partial charge in [0.1, 0.15) is 17.1 Å². The second-order valence-corrected chi connectivity index (χ2v) is 12.6. The highest BCUT2D eigenvalue weighted by molar-refractivity contribution is 6.03.